The number of rotatable bonds is 6. The molecule has 0 radical (unpaired) electrons. The van der Waals surface area contributed by atoms with Crippen molar-refractivity contribution in [3.8, 4) is 28.6 Å². The fourth-order valence-electron chi connectivity index (χ4n) is 3.62. The first-order chi connectivity index (χ1) is 14.6. The van der Waals surface area contributed by atoms with E-state index in [0.717, 1.165) is 24.2 Å². The molecule has 156 valence electrons. The highest BCUT2D eigenvalue weighted by Crippen LogP contribution is 2.35. The minimum atomic E-state index is -0.274. The monoisotopic (exact) mass is 409 g/mol. The Morgan fingerprint density at radius 2 is 1.77 bits per heavy atom. The molecule has 2 aromatic carbocycles. The molecular weight excluding hydrogens is 386 g/mol. The molecule has 0 N–H and O–H groups in total. The number of nitrogens with zero attached hydrogens (tertiary/aromatic N) is 3. The summed E-state index contributed by atoms with van der Waals surface area (Å²) in [5, 5.41) is 4.10. The molecule has 2 heterocycles. The highest BCUT2D eigenvalue weighted by Gasteiger charge is 2.35. The number of carbonyl (C=O) groups excluding carboxylic acids is 1. The summed E-state index contributed by atoms with van der Waals surface area (Å²) in [7, 11) is 4.72. The van der Waals surface area contributed by atoms with E-state index in [1.165, 1.54) is 7.11 Å². The molecule has 3 aromatic rings. The molecule has 1 fully saturated rings. The number of hydrogen-bond donors (Lipinski definition) is 0. The second-order valence-electron chi connectivity index (χ2n) is 6.91. The second kappa shape index (κ2) is 8.44. The van der Waals surface area contributed by atoms with E-state index in [0.29, 0.717) is 35.3 Å². The van der Waals surface area contributed by atoms with Gasteiger partial charge in [-0.25, -0.2) is 0 Å². The fourth-order valence-corrected chi connectivity index (χ4v) is 3.62. The molecule has 30 heavy (non-hydrogen) atoms. The minimum Gasteiger partial charge on any atom is -0.497 e. The molecule has 1 aliphatic rings. The summed E-state index contributed by atoms with van der Waals surface area (Å²) in [6.07, 6.45) is 1.61. The van der Waals surface area contributed by atoms with Crippen molar-refractivity contribution in [3.05, 3.63) is 53.9 Å². The maximum atomic E-state index is 13.3. The fraction of sp³-hybridized carbons (Fsp3) is 0.318. The van der Waals surface area contributed by atoms with E-state index >= 15 is 0 Å². The van der Waals surface area contributed by atoms with Crippen LogP contribution < -0.4 is 14.2 Å². The van der Waals surface area contributed by atoms with Crippen LogP contribution in [0.5, 0.6) is 17.2 Å². The third-order valence-electron chi connectivity index (χ3n) is 5.23. The van der Waals surface area contributed by atoms with Gasteiger partial charge in [0, 0.05) is 18.2 Å². The van der Waals surface area contributed by atoms with Gasteiger partial charge in [-0.3, -0.25) is 4.79 Å². The van der Waals surface area contributed by atoms with Crippen LogP contribution in [0.4, 0.5) is 0 Å². The van der Waals surface area contributed by atoms with E-state index in [4.69, 9.17) is 18.7 Å². The Balaban J connectivity index is 1.58. The van der Waals surface area contributed by atoms with Crippen LogP contribution >= 0.6 is 0 Å². The zero-order chi connectivity index (χ0) is 21.1. The van der Waals surface area contributed by atoms with Gasteiger partial charge in [-0.05, 0) is 49.2 Å². The summed E-state index contributed by atoms with van der Waals surface area (Å²) in [5.74, 6) is 2.62. The van der Waals surface area contributed by atoms with Gasteiger partial charge in [-0.15, -0.1) is 0 Å². The first kappa shape index (κ1) is 19.8. The van der Waals surface area contributed by atoms with E-state index in [1.54, 1.807) is 37.3 Å². The van der Waals surface area contributed by atoms with Gasteiger partial charge < -0.3 is 23.6 Å². The number of ether oxygens (including phenoxy) is 3. The van der Waals surface area contributed by atoms with Gasteiger partial charge in [0.25, 0.3) is 5.91 Å². The number of aromatic nitrogens is 2. The summed E-state index contributed by atoms with van der Waals surface area (Å²) in [6.45, 7) is 0.610. The summed E-state index contributed by atoms with van der Waals surface area (Å²) in [4.78, 5) is 19.6. The van der Waals surface area contributed by atoms with Crippen LogP contribution in [-0.2, 0) is 0 Å². The Bertz CT molecular complexity index is 1030. The van der Waals surface area contributed by atoms with Gasteiger partial charge in [0.2, 0.25) is 11.7 Å². The quantitative estimate of drug-likeness (QED) is 0.613. The Kier molecular flexibility index (Phi) is 5.56. The third-order valence-corrected chi connectivity index (χ3v) is 5.23. The molecular formula is C22H23N3O5. The lowest BCUT2D eigenvalue weighted by molar-refractivity contribution is 0.0706. The lowest BCUT2D eigenvalue weighted by atomic mass is 10.1. The molecule has 0 unspecified atom stereocenters. The highest BCUT2D eigenvalue weighted by atomic mass is 16.5. The number of carbonyl (C=O) groups is 1. The van der Waals surface area contributed by atoms with Gasteiger partial charge in [0.05, 0.1) is 26.9 Å². The number of likely N-dealkylation sites (tertiary alicyclic amines) is 1. The van der Waals surface area contributed by atoms with Gasteiger partial charge in [0.1, 0.15) is 23.3 Å². The number of amides is 1. The van der Waals surface area contributed by atoms with Gasteiger partial charge in [-0.1, -0.05) is 5.16 Å². The number of hydrogen-bond acceptors (Lipinski definition) is 7. The molecule has 8 nitrogen and oxygen atoms in total. The maximum Gasteiger partial charge on any atom is 0.258 e. The van der Waals surface area contributed by atoms with Crippen molar-refractivity contribution in [2.75, 3.05) is 27.9 Å². The Morgan fingerprint density at radius 3 is 2.47 bits per heavy atom. The third kappa shape index (κ3) is 3.68. The topological polar surface area (TPSA) is 86.9 Å². The van der Waals surface area contributed by atoms with Crippen LogP contribution in [0.2, 0.25) is 0 Å². The molecule has 4 rings (SSSR count). The highest BCUT2D eigenvalue weighted by molar-refractivity contribution is 5.97. The summed E-state index contributed by atoms with van der Waals surface area (Å²) >= 11 is 0. The average Bonchev–Trinajstić information content (AvgIpc) is 3.48. The Morgan fingerprint density at radius 1 is 1.03 bits per heavy atom. The van der Waals surface area contributed by atoms with Crippen molar-refractivity contribution in [1.29, 1.82) is 0 Å². The van der Waals surface area contributed by atoms with Crippen molar-refractivity contribution in [3.63, 3.8) is 0 Å². The smallest absolute Gasteiger partial charge is 0.258 e. The van der Waals surface area contributed by atoms with Crippen molar-refractivity contribution >= 4 is 5.91 Å². The van der Waals surface area contributed by atoms with Gasteiger partial charge in [-0.2, -0.15) is 4.98 Å². The largest absolute Gasteiger partial charge is 0.497 e. The first-order valence-electron chi connectivity index (χ1n) is 9.65. The average molecular weight is 409 g/mol. The van der Waals surface area contributed by atoms with E-state index in [2.05, 4.69) is 10.1 Å². The molecule has 8 heteroatoms. The van der Waals surface area contributed by atoms with Crippen LogP contribution in [0.1, 0.15) is 35.1 Å². The minimum absolute atomic E-state index is 0.138. The molecule has 0 saturated carbocycles. The Labute approximate surface area is 174 Å². The molecule has 1 amide bonds. The molecule has 0 spiro atoms. The van der Waals surface area contributed by atoms with Crippen LogP contribution in [0.15, 0.2) is 47.0 Å². The molecule has 1 atom stereocenters. The lowest BCUT2D eigenvalue weighted by Gasteiger charge is -2.23. The molecule has 1 saturated heterocycles. The summed E-state index contributed by atoms with van der Waals surface area (Å²) in [5.41, 5.74) is 1.29. The van der Waals surface area contributed by atoms with Crippen LogP contribution in [-0.4, -0.2) is 48.8 Å². The second-order valence-corrected chi connectivity index (χ2v) is 6.91. The standard InChI is InChI=1S/C22H23N3O5/c1-27-15-8-6-14(7-9-15)20-23-21(30-24-20)18-5-4-12-25(18)22(26)17-11-10-16(28-2)13-19(17)29-3/h6-11,13,18H,4-5,12H2,1-3H3/t18-/m0/s1. The zero-order valence-corrected chi connectivity index (χ0v) is 17.1. The van der Waals surface area contributed by atoms with E-state index in [1.807, 2.05) is 24.3 Å². The van der Waals surface area contributed by atoms with E-state index in [-0.39, 0.29) is 11.9 Å². The molecule has 1 aromatic heterocycles. The summed E-state index contributed by atoms with van der Waals surface area (Å²) < 4.78 is 21.3. The van der Waals surface area contributed by atoms with Crippen molar-refractivity contribution in [2.24, 2.45) is 0 Å². The van der Waals surface area contributed by atoms with Gasteiger partial charge in [0.15, 0.2) is 0 Å². The van der Waals surface area contributed by atoms with Crippen molar-refractivity contribution in [2.45, 2.75) is 18.9 Å². The Hall–Kier alpha value is -3.55. The van der Waals surface area contributed by atoms with E-state index in [9.17, 15) is 4.79 Å². The first-order valence-corrected chi connectivity index (χ1v) is 9.65. The van der Waals surface area contributed by atoms with Crippen molar-refractivity contribution in [1.82, 2.24) is 15.0 Å². The number of benzene rings is 2. The van der Waals surface area contributed by atoms with Gasteiger partial charge >= 0.3 is 0 Å². The SMILES string of the molecule is COc1ccc(-c2noc([C@@H]3CCCN3C(=O)c3ccc(OC)cc3OC)n2)cc1. The summed E-state index contributed by atoms with van der Waals surface area (Å²) in [6, 6.07) is 12.3. The predicted molar refractivity (Wildman–Crippen MR) is 109 cm³/mol. The normalized spacial score (nSPS) is 15.8. The predicted octanol–water partition coefficient (Wildman–Crippen LogP) is 3.74. The van der Waals surface area contributed by atoms with Crippen LogP contribution in [0, 0.1) is 0 Å². The number of methoxy groups -OCH3 is 3. The molecule has 1 aliphatic heterocycles. The van der Waals surface area contributed by atoms with Crippen LogP contribution in [0.25, 0.3) is 11.4 Å². The molecule has 0 bridgehead atoms. The zero-order valence-electron chi connectivity index (χ0n) is 17.1. The van der Waals surface area contributed by atoms with Crippen LogP contribution in [0.3, 0.4) is 0 Å². The molecule has 0 aliphatic carbocycles. The van der Waals surface area contributed by atoms with E-state index < -0.39 is 0 Å². The van der Waals surface area contributed by atoms with Crippen molar-refractivity contribution < 1.29 is 23.5 Å². The lowest BCUT2D eigenvalue weighted by Crippen LogP contribution is -2.31. The maximum absolute atomic E-state index is 13.3.